The summed E-state index contributed by atoms with van der Waals surface area (Å²) in [5.41, 5.74) is 0. The molecule has 0 N–H and O–H groups in total. The first-order valence-electron chi connectivity index (χ1n) is 5.26. The lowest BCUT2D eigenvalue weighted by Crippen LogP contribution is -2.36. The zero-order chi connectivity index (χ0) is 11.8. The molecule has 0 aliphatic carbocycles. The van der Waals surface area contributed by atoms with Crippen LogP contribution in [0.15, 0.2) is 0 Å². The minimum absolute atomic E-state index is 0.0528. The first kappa shape index (κ1) is 13.9. The van der Waals surface area contributed by atoms with Crippen LogP contribution in [0.4, 0.5) is 0 Å². The topological polar surface area (TPSA) is 53.3 Å². The zero-order valence-corrected chi connectivity index (χ0v) is 9.99. The molecule has 0 aliphatic heterocycles. The van der Waals surface area contributed by atoms with Crippen LogP contribution in [0.3, 0.4) is 0 Å². The standard InChI is InChI=1S/C11H20N2O2/c1-5-15-7-6-13(4)11(14)10(8-12)9(2)3/h9-10H,5-7H2,1-4H3. The van der Waals surface area contributed by atoms with E-state index in [9.17, 15) is 4.79 Å². The predicted molar refractivity (Wildman–Crippen MR) is 58.1 cm³/mol. The summed E-state index contributed by atoms with van der Waals surface area (Å²) >= 11 is 0. The predicted octanol–water partition coefficient (Wildman–Crippen LogP) is 1.28. The Morgan fingerprint density at radius 2 is 2.13 bits per heavy atom. The Bertz CT molecular complexity index is 233. The van der Waals surface area contributed by atoms with E-state index >= 15 is 0 Å². The summed E-state index contributed by atoms with van der Waals surface area (Å²) in [5.74, 6) is -0.610. The molecule has 1 atom stereocenters. The molecule has 15 heavy (non-hydrogen) atoms. The summed E-state index contributed by atoms with van der Waals surface area (Å²) in [6, 6.07) is 2.04. The van der Waals surface area contributed by atoms with E-state index in [4.69, 9.17) is 10.00 Å². The number of hydrogen-bond acceptors (Lipinski definition) is 3. The molecule has 0 radical (unpaired) electrons. The Morgan fingerprint density at radius 3 is 2.53 bits per heavy atom. The van der Waals surface area contributed by atoms with Crippen LogP contribution in [0.25, 0.3) is 0 Å². The average Bonchev–Trinajstić information content (AvgIpc) is 2.18. The lowest BCUT2D eigenvalue weighted by Gasteiger charge is -2.21. The van der Waals surface area contributed by atoms with Gasteiger partial charge in [0.15, 0.2) is 0 Å². The second kappa shape index (κ2) is 7.24. The normalized spacial score (nSPS) is 12.3. The smallest absolute Gasteiger partial charge is 0.240 e. The van der Waals surface area contributed by atoms with E-state index in [-0.39, 0.29) is 11.8 Å². The highest BCUT2D eigenvalue weighted by Crippen LogP contribution is 2.12. The fourth-order valence-corrected chi connectivity index (χ4v) is 1.18. The monoisotopic (exact) mass is 212 g/mol. The van der Waals surface area contributed by atoms with Gasteiger partial charge in [-0.2, -0.15) is 5.26 Å². The average molecular weight is 212 g/mol. The summed E-state index contributed by atoms with van der Waals surface area (Å²) in [7, 11) is 1.70. The van der Waals surface area contributed by atoms with E-state index in [2.05, 4.69) is 0 Å². The van der Waals surface area contributed by atoms with Crippen LogP contribution in [0.1, 0.15) is 20.8 Å². The Balaban J connectivity index is 4.12. The molecular weight excluding hydrogens is 192 g/mol. The van der Waals surface area contributed by atoms with Crippen molar-refractivity contribution >= 4 is 5.91 Å². The molecule has 0 aromatic heterocycles. The van der Waals surface area contributed by atoms with Gasteiger partial charge in [0.25, 0.3) is 0 Å². The number of nitriles is 1. The molecule has 4 heteroatoms. The van der Waals surface area contributed by atoms with Gasteiger partial charge in [-0.25, -0.2) is 0 Å². The maximum Gasteiger partial charge on any atom is 0.240 e. The van der Waals surface area contributed by atoms with Crippen molar-refractivity contribution in [2.75, 3.05) is 26.8 Å². The maximum atomic E-state index is 11.8. The molecule has 0 aromatic carbocycles. The van der Waals surface area contributed by atoms with Gasteiger partial charge < -0.3 is 9.64 Å². The second-order valence-corrected chi connectivity index (χ2v) is 3.81. The van der Waals surface area contributed by atoms with E-state index < -0.39 is 5.92 Å². The fourth-order valence-electron chi connectivity index (χ4n) is 1.18. The number of ether oxygens (including phenoxy) is 1. The summed E-state index contributed by atoms with van der Waals surface area (Å²) in [6.07, 6.45) is 0. The number of hydrogen-bond donors (Lipinski definition) is 0. The van der Waals surface area contributed by atoms with Crippen molar-refractivity contribution in [1.82, 2.24) is 4.90 Å². The zero-order valence-electron chi connectivity index (χ0n) is 9.99. The van der Waals surface area contributed by atoms with Gasteiger partial charge in [-0.3, -0.25) is 4.79 Å². The van der Waals surface area contributed by atoms with Crippen LogP contribution < -0.4 is 0 Å². The minimum Gasteiger partial charge on any atom is -0.380 e. The van der Waals surface area contributed by atoms with E-state index in [1.165, 1.54) is 0 Å². The van der Waals surface area contributed by atoms with Crippen molar-refractivity contribution in [3.63, 3.8) is 0 Å². The van der Waals surface area contributed by atoms with Crippen molar-refractivity contribution in [3.8, 4) is 6.07 Å². The van der Waals surface area contributed by atoms with Crippen molar-refractivity contribution < 1.29 is 9.53 Å². The molecule has 0 saturated heterocycles. The Kier molecular flexibility index (Phi) is 6.72. The molecule has 0 aliphatic rings. The Hall–Kier alpha value is -1.08. The second-order valence-electron chi connectivity index (χ2n) is 3.81. The van der Waals surface area contributed by atoms with Gasteiger partial charge in [-0.1, -0.05) is 13.8 Å². The molecule has 0 spiro atoms. The summed E-state index contributed by atoms with van der Waals surface area (Å²) < 4.78 is 5.15. The van der Waals surface area contributed by atoms with E-state index in [0.717, 1.165) is 0 Å². The molecule has 1 unspecified atom stereocenters. The number of rotatable bonds is 6. The van der Waals surface area contributed by atoms with Gasteiger partial charge in [-0.05, 0) is 12.8 Å². The van der Waals surface area contributed by atoms with Gasteiger partial charge in [0.2, 0.25) is 5.91 Å². The first-order valence-corrected chi connectivity index (χ1v) is 5.26. The van der Waals surface area contributed by atoms with Crippen LogP contribution in [0, 0.1) is 23.2 Å². The third-order valence-electron chi connectivity index (χ3n) is 2.22. The number of nitrogens with zero attached hydrogens (tertiary/aromatic N) is 2. The van der Waals surface area contributed by atoms with Crippen LogP contribution in [-0.2, 0) is 9.53 Å². The van der Waals surface area contributed by atoms with Gasteiger partial charge >= 0.3 is 0 Å². The highest BCUT2D eigenvalue weighted by atomic mass is 16.5. The van der Waals surface area contributed by atoms with Crippen LogP contribution in [0.5, 0.6) is 0 Å². The maximum absolute atomic E-state index is 11.8. The quantitative estimate of drug-likeness (QED) is 0.623. The number of carbonyl (C=O) groups excluding carboxylic acids is 1. The largest absolute Gasteiger partial charge is 0.380 e. The lowest BCUT2D eigenvalue weighted by atomic mass is 9.96. The lowest BCUT2D eigenvalue weighted by molar-refractivity contribution is -0.134. The molecule has 86 valence electrons. The minimum atomic E-state index is -0.545. The molecule has 0 rings (SSSR count). The van der Waals surface area contributed by atoms with Crippen molar-refractivity contribution in [3.05, 3.63) is 0 Å². The third-order valence-corrected chi connectivity index (χ3v) is 2.22. The highest BCUT2D eigenvalue weighted by Gasteiger charge is 2.24. The SMILES string of the molecule is CCOCCN(C)C(=O)C(C#N)C(C)C. The van der Waals surface area contributed by atoms with Gasteiger partial charge in [0, 0.05) is 20.2 Å². The van der Waals surface area contributed by atoms with E-state index in [1.54, 1.807) is 11.9 Å². The van der Waals surface area contributed by atoms with Crippen molar-refractivity contribution in [2.45, 2.75) is 20.8 Å². The van der Waals surface area contributed by atoms with Gasteiger partial charge in [-0.15, -0.1) is 0 Å². The van der Waals surface area contributed by atoms with Crippen LogP contribution in [0.2, 0.25) is 0 Å². The Morgan fingerprint density at radius 1 is 1.53 bits per heavy atom. The summed E-state index contributed by atoms with van der Waals surface area (Å²) in [5, 5.41) is 8.86. The molecule has 0 bridgehead atoms. The number of carbonyl (C=O) groups is 1. The Labute approximate surface area is 91.8 Å². The molecule has 1 amide bonds. The molecule has 4 nitrogen and oxygen atoms in total. The molecule has 0 heterocycles. The number of likely N-dealkylation sites (N-methyl/N-ethyl adjacent to an activating group) is 1. The molecule has 0 aromatic rings. The van der Waals surface area contributed by atoms with E-state index in [1.807, 2.05) is 26.8 Å². The first-order chi connectivity index (χ1) is 7.04. The van der Waals surface area contributed by atoms with Crippen molar-refractivity contribution in [1.29, 1.82) is 5.26 Å². The fraction of sp³-hybridized carbons (Fsp3) is 0.818. The van der Waals surface area contributed by atoms with Gasteiger partial charge in [0.05, 0.1) is 12.7 Å². The summed E-state index contributed by atoms with van der Waals surface area (Å²) in [6.45, 7) is 7.37. The van der Waals surface area contributed by atoms with Crippen molar-refractivity contribution in [2.24, 2.45) is 11.8 Å². The summed E-state index contributed by atoms with van der Waals surface area (Å²) in [4.78, 5) is 13.3. The molecular formula is C11H20N2O2. The third kappa shape index (κ3) is 4.80. The number of amides is 1. The molecule has 0 saturated carbocycles. The molecule has 0 fully saturated rings. The van der Waals surface area contributed by atoms with Gasteiger partial charge in [0.1, 0.15) is 5.92 Å². The van der Waals surface area contributed by atoms with Crippen LogP contribution >= 0.6 is 0 Å². The highest BCUT2D eigenvalue weighted by molar-refractivity contribution is 5.81. The van der Waals surface area contributed by atoms with Crippen LogP contribution in [-0.4, -0.2) is 37.6 Å². The van der Waals surface area contributed by atoms with E-state index in [0.29, 0.717) is 19.8 Å².